The van der Waals surface area contributed by atoms with Crippen LogP contribution >= 0.6 is 0 Å². The van der Waals surface area contributed by atoms with E-state index in [-0.39, 0.29) is 5.96 Å². The molecule has 0 fully saturated rings. The Bertz CT molecular complexity index is 722. The standard InChI is InChI=1S/C15H19N5O3/c1-8(16)7-10-12(19-20-15(17)18-10)9-5-6-11(21-2)14(23-4)13(9)22-3/h5-7,16H,1-4H3,(H3,17,18,20)/b10-7-,16-8?. The SMILES string of the molecule is COc1ccc(C2=NN=C(N)N/C2=C\C(C)=N)c(OC)c1OC. The first-order valence-corrected chi connectivity index (χ1v) is 6.76. The number of benzene rings is 1. The van der Waals surface area contributed by atoms with E-state index in [9.17, 15) is 0 Å². The highest BCUT2D eigenvalue weighted by molar-refractivity contribution is 6.19. The smallest absolute Gasteiger partial charge is 0.218 e. The van der Waals surface area contributed by atoms with Crippen molar-refractivity contribution in [1.82, 2.24) is 5.32 Å². The van der Waals surface area contributed by atoms with E-state index >= 15 is 0 Å². The first kappa shape index (κ1) is 16.3. The summed E-state index contributed by atoms with van der Waals surface area (Å²) in [6.07, 6.45) is 1.61. The quantitative estimate of drug-likeness (QED) is 0.707. The van der Waals surface area contributed by atoms with Crippen LogP contribution in [0.5, 0.6) is 17.2 Å². The van der Waals surface area contributed by atoms with E-state index in [0.29, 0.717) is 39.9 Å². The van der Waals surface area contributed by atoms with Gasteiger partial charge in [0.05, 0.1) is 32.6 Å². The number of rotatable bonds is 5. The maximum atomic E-state index is 7.66. The molecule has 0 aliphatic carbocycles. The lowest BCUT2D eigenvalue weighted by Gasteiger charge is -2.20. The minimum Gasteiger partial charge on any atom is -0.493 e. The molecule has 0 saturated carbocycles. The van der Waals surface area contributed by atoms with Gasteiger partial charge in [0.25, 0.3) is 0 Å². The van der Waals surface area contributed by atoms with E-state index in [1.54, 1.807) is 32.2 Å². The van der Waals surface area contributed by atoms with Crippen molar-refractivity contribution in [3.63, 3.8) is 0 Å². The monoisotopic (exact) mass is 317 g/mol. The third kappa shape index (κ3) is 3.25. The molecule has 0 aromatic heterocycles. The molecule has 8 heteroatoms. The zero-order valence-electron chi connectivity index (χ0n) is 13.4. The first-order valence-electron chi connectivity index (χ1n) is 6.76. The lowest BCUT2D eigenvalue weighted by Crippen LogP contribution is -2.37. The minimum absolute atomic E-state index is 0.153. The van der Waals surface area contributed by atoms with Crippen LogP contribution in [-0.4, -0.2) is 38.7 Å². The van der Waals surface area contributed by atoms with Crippen LogP contribution in [0.25, 0.3) is 0 Å². The number of ether oxygens (including phenoxy) is 3. The molecule has 0 radical (unpaired) electrons. The van der Waals surface area contributed by atoms with Crippen molar-refractivity contribution in [2.24, 2.45) is 15.9 Å². The fraction of sp³-hybridized carbons (Fsp3) is 0.267. The number of allylic oxidation sites excluding steroid dienone is 2. The molecule has 0 unspecified atom stereocenters. The number of hydrogen-bond donors (Lipinski definition) is 3. The highest BCUT2D eigenvalue weighted by Gasteiger charge is 2.24. The molecule has 0 atom stereocenters. The van der Waals surface area contributed by atoms with Crippen molar-refractivity contribution in [3.8, 4) is 17.2 Å². The Kier molecular flexibility index (Phi) is 4.85. The summed E-state index contributed by atoms with van der Waals surface area (Å²) in [6, 6.07) is 3.53. The normalized spacial score (nSPS) is 15.4. The number of guanidine groups is 1. The van der Waals surface area contributed by atoms with Crippen molar-refractivity contribution in [1.29, 1.82) is 5.41 Å². The summed E-state index contributed by atoms with van der Waals surface area (Å²) in [7, 11) is 4.60. The van der Waals surface area contributed by atoms with E-state index in [1.165, 1.54) is 14.2 Å². The Balaban J connectivity index is 2.66. The molecule has 1 aliphatic heterocycles. The van der Waals surface area contributed by atoms with Crippen molar-refractivity contribution < 1.29 is 14.2 Å². The van der Waals surface area contributed by atoms with Gasteiger partial charge in [-0.1, -0.05) is 0 Å². The van der Waals surface area contributed by atoms with Gasteiger partial charge in [0.2, 0.25) is 11.7 Å². The van der Waals surface area contributed by atoms with E-state index in [0.717, 1.165) is 0 Å². The second-order valence-corrected chi connectivity index (χ2v) is 4.68. The number of hydrogen-bond acceptors (Lipinski definition) is 8. The van der Waals surface area contributed by atoms with Crippen LogP contribution in [-0.2, 0) is 0 Å². The third-order valence-electron chi connectivity index (χ3n) is 3.10. The van der Waals surface area contributed by atoms with Crippen molar-refractivity contribution >= 4 is 17.4 Å². The fourth-order valence-electron chi connectivity index (χ4n) is 2.19. The molecule has 1 aromatic carbocycles. The summed E-state index contributed by atoms with van der Waals surface area (Å²) >= 11 is 0. The van der Waals surface area contributed by atoms with Gasteiger partial charge in [-0.2, -0.15) is 0 Å². The van der Waals surface area contributed by atoms with Crippen LogP contribution in [0.1, 0.15) is 12.5 Å². The van der Waals surface area contributed by atoms with Gasteiger partial charge in [0.1, 0.15) is 5.71 Å². The Morgan fingerprint density at radius 3 is 2.39 bits per heavy atom. The summed E-state index contributed by atoms with van der Waals surface area (Å²) in [5.41, 5.74) is 7.68. The summed E-state index contributed by atoms with van der Waals surface area (Å²) < 4.78 is 16.1. The van der Waals surface area contributed by atoms with E-state index in [1.807, 2.05) is 0 Å². The van der Waals surface area contributed by atoms with Gasteiger partial charge >= 0.3 is 0 Å². The van der Waals surface area contributed by atoms with Crippen LogP contribution in [0.15, 0.2) is 34.1 Å². The Labute approximate surface area is 134 Å². The lowest BCUT2D eigenvalue weighted by atomic mass is 10.0. The molecule has 0 spiro atoms. The van der Waals surface area contributed by atoms with Crippen LogP contribution in [0.4, 0.5) is 0 Å². The van der Waals surface area contributed by atoms with Crippen molar-refractivity contribution in [2.75, 3.05) is 21.3 Å². The number of methoxy groups -OCH3 is 3. The van der Waals surface area contributed by atoms with Gasteiger partial charge in [-0.3, -0.25) is 0 Å². The Hall–Kier alpha value is -3.03. The van der Waals surface area contributed by atoms with Gasteiger partial charge in [-0.05, 0) is 25.1 Å². The summed E-state index contributed by atoms with van der Waals surface area (Å²) in [6.45, 7) is 1.65. The molecule has 0 bridgehead atoms. The highest BCUT2D eigenvalue weighted by atomic mass is 16.5. The predicted octanol–water partition coefficient (Wildman–Crippen LogP) is 1.26. The molecular formula is C15H19N5O3. The number of nitrogens with zero attached hydrogens (tertiary/aromatic N) is 2. The molecular weight excluding hydrogens is 298 g/mol. The van der Waals surface area contributed by atoms with Crippen LogP contribution in [0, 0.1) is 5.41 Å². The van der Waals surface area contributed by atoms with Crippen LogP contribution in [0.2, 0.25) is 0 Å². The Morgan fingerprint density at radius 1 is 1.13 bits per heavy atom. The third-order valence-corrected chi connectivity index (χ3v) is 3.10. The summed E-state index contributed by atoms with van der Waals surface area (Å²) in [5.74, 6) is 1.59. The van der Waals surface area contributed by atoms with Gasteiger partial charge in [-0.25, -0.2) is 0 Å². The molecule has 0 amide bonds. The summed E-state index contributed by atoms with van der Waals surface area (Å²) in [4.78, 5) is 0. The lowest BCUT2D eigenvalue weighted by molar-refractivity contribution is 0.324. The topological polar surface area (TPSA) is 114 Å². The molecule has 1 aliphatic rings. The van der Waals surface area contributed by atoms with Gasteiger partial charge in [-0.15, -0.1) is 10.2 Å². The predicted molar refractivity (Wildman–Crippen MR) is 88.9 cm³/mol. The fourth-order valence-corrected chi connectivity index (χ4v) is 2.19. The molecule has 0 saturated heterocycles. The zero-order valence-corrected chi connectivity index (χ0v) is 13.4. The van der Waals surface area contributed by atoms with E-state index in [4.69, 9.17) is 25.4 Å². The van der Waals surface area contributed by atoms with E-state index < -0.39 is 0 Å². The van der Waals surface area contributed by atoms with Gasteiger partial charge < -0.3 is 30.7 Å². The average Bonchev–Trinajstić information content (AvgIpc) is 2.53. The second-order valence-electron chi connectivity index (χ2n) is 4.68. The molecule has 1 heterocycles. The molecule has 1 aromatic rings. The number of nitrogens with one attached hydrogen (secondary N) is 2. The second kappa shape index (κ2) is 6.82. The van der Waals surface area contributed by atoms with Crippen LogP contribution < -0.4 is 25.3 Å². The maximum absolute atomic E-state index is 7.66. The summed E-state index contributed by atoms with van der Waals surface area (Å²) in [5, 5.41) is 18.5. The van der Waals surface area contributed by atoms with E-state index in [2.05, 4.69) is 15.5 Å². The maximum Gasteiger partial charge on any atom is 0.218 e. The number of nitrogens with two attached hydrogens (primary N) is 1. The molecule has 4 N–H and O–H groups in total. The minimum atomic E-state index is 0.153. The molecule has 8 nitrogen and oxygen atoms in total. The first-order chi connectivity index (χ1) is 11.0. The van der Waals surface area contributed by atoms with Crippen LogP contribution in [0.3, 0.4) is 0 Å². The van der Waals surface area contributed by atoms with Crippen molar-refractivity contribution in [3.05, 3.63) is 29.5 Å². The Morgan fingerprint density at radius 2 is 1.83 bits per heavy atom. The zero-order chi connectivity index (χ0) is 17.0. The average molecular weight is 317 g/mol. The molecule has 23 heavy (non-hydrogen) atoms. The highest BCUT2D eigenvalue weighted by Crippen LogP contribution is 2.40. The van der Waals surface area contributed by atoms with Gasteiger partial charge in [0, 0.05) is 5.71 Å². The molecule has 2 rings (SSSR count). The molecule has 122 valence electrons. The largest absolute Gasteiger partial charge is 0.493 e. The van der Waals surface area contributed by atoms with Crippen molar-refractivity contribution in [2.45, 2.75) is 6.92 Å². The van der Waals surface area contributed by atoms with Gasteiger partial charge in [0.15, 0.2) is 11.5 Å².